The lowest BCUT2D eigenvalue weighted by Crippen LogP contribution is -2.46. The number of anilines is 1. The molecule has 1 saturated heterocycles. The number of rotatable bonds is 2. The number of H-pyrrole nitrogens is 1. The fourth-order valence-electron chi connectivity index (χ4n) is 2.18. The number of hydrogen-bond acceptors (Lipinski definition) is 4. The molecule has 1 aliphatic rings. The smallest absolute Gasteiger partial charge is 0.242 e. The van der Waals surface area contributed by atoms with Gasteiger partial charge >= 0.3 is 0 Å². The number of carbonyl (C=O) groups excluding carboxylic acids is 1. The summed E-state index contributed by atoms with van der Waals surface area (Å²) in [5.41, 5.74) is 2.67. The lowest BCUT2D eigenvalue weighted by molar-refractivity contribution is -0.117. The van der Waals surface area contributed by atoms with Crippen molar-refractivity contribution in [3.63, 3.8) is 0 Å². The second kappa shape index (κ2) is 5.22. The van der Waals surface area contributed by atoms with Gasteiger partial charge in [0, 0.05) is 23.7 Å². The Morgan fingerprint density at radius 1 is 1.53 bits per heavy atom. The fraction of sp³-hybridized carbons (Fsp3) is 0.385. The van der Waals surface area contributed by atoms with Crippen molar-refractivity contribution in [2.75, 3.05) is 23.4 Å². The Bertz CT molecular complexity index is 604. The standard InChI is InChI=1S/C13H16N4OS/c1-8-15-10-3-2-9(6-11(10)16-8)17-13(18)12-7-19-5-4-14-12/h2-3,6,12,14H,4-5,7H2,1H3,(H,15,16)(H,17,18). The molecule has 1 aromatic carbocycles. The van der Waals surface area contributed by atoms with Crippen molar-refractivity contribution >= 4 is 34.4 Å². The lowest BCUT2D eigenvalue weighted by Gasteiger charge is -2.22. The van der Waals surface area contributed by atoms with E-state index in [1.807, 2.05) is 36.9 Å². The van der Waals surface area contributed by atoms with E-state index in [4.69, 9.17) is 0 Å². The number of aromatic nitrogens is 2. The summed E-state index contributed by atoms with van der Waals surface area (Å²) in [5, 5.41) is 6.18. The highest BCUT2D eigenvalue weighted by atomic mass is 32.2. The highest BCUT2D eigenvalue weighted by molar-refractivity contribution is 7.99. The van der Waals surface area contributed by atoms with Gasteiger partial charge in [0.25, 0.3) is 0 Å². The second-order valence-electron chi connectivity index (χ2n) is 4.63. The third-order valence-electron chi connectivity index (χ3n) is 3.11. The van der Waals surface area contributed by atoms with Crippen LogP contribution >= 0.6 is 11.8 Å². The largest absolute Gasteiger partial charge is 0.342 e. The summed E-state index contributed by atoms with van der Waals surface area (Å²) >= 11 is 1.81. The Hall–Kier alpha value is -1.53. The Kier molecular flexibility index (Phi) is 3.44. The quantitative estimate of drug-likeness (QED) is 0.778. The third-order valence-corrected chi connectivity index (χ3v) is 4.17. The number of hydrogen-bond donors (Lipinski definition) is 3. The molecule has 0 bridgehead atoms. The number of imidazole rings is 1. The lowest BCUT2D eigenvalue weighted by atomic mass is 10.2. The van der Waals surface area contributed by atoms with Crippen molar-refractivity contribution in [2.45, 2.75) is 13.0 Å². The molecule has 0 aliphatic carbocycles. The van der Waals surface area contributed by atoms with Gasteiger partial charge < -0.3 is 15.6 Å². The first-order chi connectivity index (χ1) is 9.22. The Morgan fingerprint density at radius 2 is 2.42 bits per heavy atom. The van der Waals surface area contributed by atoms with Crippen LogP contribution in [0.15, 0.2) is 18.2 Å². The number of thioether (sulfide) groups is 1. The predicted octanol–water partition coefficient (Wildman–Crippen LogP) is 1.51. The summed E-state index contributed by atoms with van der Waals surface area (Å²) < 4.78 is 0. The topological polar surface area (TPSA) is 69.8 Å². The molecule has 1 atom stereocenters. The van der Waals surface area contributed by atoms with Gasteiger partial charge in [-0.2, -0.15) is 11.8 Å². The molecule has 3 N–H and O–H groups in total. The molecule has 1 fully saturated rings. The molecular formula is C13H16N4OS. The zero-order valence-corrected chi connectivity index (χ0v) is 11.5. The van der Waals surface area contributed by atoms with Crippen LogP contribution in [0.5, 0.6) is 0 Å². The maximum Gasteiger partial charge on any atom is 0.242 e. The van der Waals surface area contributed by atoms with Crippen molar-refractivity contribution in [2.24, 2.45) is 0 Å². The van der Waals surface area contributed by atoms with E-state index in [1.54, 1.807) is 0 Å². The summed E-state index contributed by atoms with van der Waals surface area (Å²) in [6, 6.07) is 5.62. The number of benzene rings is 1. The monoisotopic (exact) mass is 276 g/mol. The van der Waals surface area contributed by atoms with E-state index in [0.29, 0.717) is 0 Å². The minimum atomic E-state index is -0.0991. The SMILES string of the molecule is Cc1nc2ccc(NC(=O)C3CSCCN3)cc2[nH]1. The summed E-state index contributed by atoms with van der Waals surface area (Å²) in [7, 11) is 0. The molecule has 2 aromatic rings. The molecule has 6 heteroatoms. The minimum Gasteiger partial charge on any atom is -0.342 e. The molecule has 19 heavy (non-hydrogen) atoms. The van der Waals surface area contributed by atoms with Crippen LogP contribution < -0.4 is 10.6 Å². The number of aromatic amines is 1. The third kappa shape index (κ3) is 2.74. The second-order valence-corrected chi connectivity index (χ2v) is 5.77. The van der Waals surface area contributed by atoms with E-state index < -0.39 is 0 Å². The zero-order valence-electron chi connectivity index (χ0n) is 10.7. The van der Waals surface area contributed by atoms with E-state index in [9.17, 15) is 4.79 Å². The van der Waals surface area contributed by atoms with Gasteiger partial charge in [0.1, 0.15) is 5.82 Å². The number of nitrogens with zero attached hydrogens (tertiary/aromatic N) is 1. The van der Waals surface area contributed by atoms with Crippen molar-refractivity contribution in [1.82, 2.24) is 15.3 Å². The molecule has 0 spiro atoms. The van der Waals surface area contributed by atoms with E-state index >= 15 is 0 Å². The van der Waals surface area contributed by atoms with Crippen LogP contribution in [0.2, 0.25) is 0 Å². The van der Waals surface area contributed by atoms with E-state index in [0.717, 1.165) is 40.6 Å². The van der Waals surface area contributed by atoms with E-state index in [-0.39, 0.29) is 11.9 Å². The average Bonchev–Trinajstić information content (AvgIpc) is 2.79. The van der Waals surface area contributed by atoms with Crippen LogP contribution in [0, 0.1) is 6.92 Å². The molecule has 1 aromatic heterocycles. The van der Waals surface area contributed by atoms with Crippen molar-refractivity contribution in [3.8, 4) is 0 Å². The average molecular weight is 276 g/mol. The number of aryl methyl sites for hydroxylation is 1. The maximum atomic E-state index is 12.1. The van der Waals surface area contributed by atoms with Crippen LogP contribution in [0.4, 0.5) is 5.69 Å². The van der Waals surface area contributed by atoms with Gasteiger partial charge in [-0.15, -0.1) is 0 Å². The summed E-state index contributed by atoms with van der Waals surface area (Å²) in [4.78, 5) is 19.6. The normalized spacial score (nSPS) is 19.5. The fourth-order valence-corrected chi connectivity index (χ4v) is 3.11. The molecule has 0 saturated carbocycles. The highest BCUT2D eigenvalue weighted by Gasteiger charge is 2.20. The maximum absolute atomic E-state index is 12.1. The molecule has 1 aliphatic heterocycles. The van der Waals surface area contributed by atoms with Crippen LogP contribution in [-0.4, -0.2) is 40.0 Å². The summed E-state index contributed by atoms with van der Waals surface area (Å²) in [6.07, 6.45) is 0. The summed E-state index contributed by atoms with van der Waals surface area (Å²) in [5.74, 6) is 2.81. The number of fused-ring (bicyclic) bond motifs is 1. The van der Waals surface area contributed by atoms with E-state index in [2.05, 4.69) is 20.6 Å². The van der Waals surface area contributed by atoms with Gasteiger partial charge in [0.05, 0.1) is 17.1 Å². The Morgan fingerprint density at radius 3 is 3.21 bits per heavy atom. The van der Waals surface area contributed by atoms with Crippen LogP contribution in [0.3, 0.4) is 0 Å². The van der Waals surface area contributed by atoms with Gasteiger partial charge in [-0.25, -0.2) is 4.98 Å². The van der Waals surface area contributed by atoms with E-state index in [1.165, 1.54) is 0 Å². The first kappa shape index (κ1) is 12.5. The highest BCUT2D eigenvalue weighted by Crippen LogP contribution is 2.18. The molecule has 100 valence electrons. The minimum absolute atomic E-state index is 0.0304. The molecule has 3 rings (SSSR count). The van der Waals surface area contributed by atoms with Gasteiger partial charge in [-0.05, 0) is 25.1 Å². The Labute approximate surface area is 115 Å². The molecule has 5 nitrogen and oxygen atoms in total. The van der Waals surface area contributed by atoms with Crippen LogP contribution in [0.25, 0.3) is 11.0 Å². The number of amides is 1. The molecule has 0 radical (unpaired) electrons. The van der Waals surface area contributed by atoms with Crippen molar-refractivity contribution < 1.29 is 4.79 Å². The predicted molar refractivity (Wildman–Crippen MR) is 78.6 cm³/mol. The van der Waals surface area contributed by atoms with Gasteiger partial charge in [0.15, 0.2) is 0 Å². The first-order valence-corrected chi connectivity index (χ1v) is 7.46. The number of nitrogens with one attached hydrogen (secondary N) is 3. The molecule has 1 unspecified atom stereocenters. The zero-order chi connectivity index (χ0) is 13.2. The molecular weight excluding hydrogens is 260 g/mol. The van der Waals surface area contributed by atoms with Crippen LogP contribution in [0.1, 0.15) is 5.82 Å². The first-order valence-electron chi connectivity index (χ1n) is 6.31. The van der Waals surface area contributed by atoms with Gasteiger partial charge in [-0.1, -0.05) is 0 Å². The van der Waals surface area contributed by atoms with Crippen LogP contribution in [-0.2, 0) is 4.79 Å². The summed E-state index contributed by atoms with van der Waals surface area (Å²) in [6.45, 7) is 2.81. The molecule has 2 heterocycles. The van der Waals surface area contributed by atoms with Crippen molar-refractivity contribution in [3.05, 3.63) is 24.0 Å². The number of carbonyl (C=O) groups is 1. The molecule has 1 amide bonds. The Balaban J connectivity index is 1.74. The van der Waals surface area contributed by atoms with Crippen molar-refractivity contribution in [1.29, 1.82) is 0 Å². The van der Waals surface area contributed by atoms with Gasteiger partial charge in [-0.3, -0.25) is 4.79 Å². The van der Waals surface area contributed by atoms with Gasteiger partial charge in [0.2, 0.25) is 5.91 Å².